The Hall–Kier alpha value is -1.58. The number of rotatable bonds is 1. The van der Waals surface area contributed by atoms with Crippen LogP contribution in [0.4, 0.5) is 0 Å². The SMILES string of the molecule is C=C1C(=O)O[C@@H]2C[C@]3(C)C(=C)CCC[C@@]3(OC(C)=O)C[C@H]12. The van der Waals surface area contributed by atoms with Gasteiger partial charge >= 0.3 is 11.9 Å². The fraction of sp³-hybridized carbons (Fsp3) is 0.647. The summed E-state index contributed by atoms with van der Waals surface area (Å²) in [5.41, 5.74) is 0.710. The van der Waals surface area contributed by atoms with Gasteiger partial charge in [0.1, 0.15) is 11.7 Å². The molecule has 0 aromatic heterocycles. The molecule has 0 radical (unpaired) electrons. The molecule has 0 aromatic rings. The molecule has 2 saturated carbocycles. The summed E-state index contributed by atoms with van der Waals surface area (Å²) in [5.74, 6) is -0.628. The molecule has 3 aliphatic rings. The lowest BCUT2D eigenvalue weighted by molar-refractivity contribution is -0.194. The zero-order valence-electron chi connectivity index (χ0n) is 12.7. The summed E-state index contributed by atoms with van der Waals surface area (Å²) in [5, 5.41) is 0. The van der Waals surface area contributed by atoms with Crippen LogP contribution in [0.5, 0.6) is 0 Å². The van der Waals surface area contributed by atoms with Crippen molar-refractivity contribution in [2.24, 2.45) is 11.3 Å². The van der Waals surface area contributed by atoms with E-state index in [2.05, 4.69) is 20.1 Å². The first kappa shape index (κ1) is 14.4. The predicted octanol–water partition coefficient (Wildman–Crippen LogP) is 2.93. The number of ether oxygens (including phenoxy) is 2. The maximum absolute atomic E-state index is 11.8. The molecule has 4 heteroatoms. The highest BCUT2D eigenvalue weighted by molar-refractivity contribution is 5.91. The van der Waals surface area contributed by atoms with Crippen LogP contribution in [0.1, 0.15) is 46.0 Å². The summed E-state index contributed by atoms with van der Waals surface area (Å²) in [6.45, 7) is 11.6. The van der Waals surface area contributed by atoms with Gasteiger partial charge in [-0.3, -0.25) is 4.79 Å². The fourth-order valence-electron chi connectivity index (χ4n) is 4.47. The third kappa shape index (κ3) is 1.88. The predicted molar refractivity (Wildman–Crippen MR) is 77.3 cm³/mol. The Kier molecular flexibility index (Phi) is 3.05. The van der Waals surface area contributed by atoms with E-state index < -0.39 is 5.60 Å². The van der Waals surface area contributed by atoms with Crippen LogP contribution in [0.25, 0.3) is 0 Å². The molecule has 0 N–H and O–H groups in total. The van der Waals surface area contributed by atoms with Gasteiger partial charge in [0.05, 0.1) is 0 Å². The number of carbonyl (C=O) groups is 2. The van der Waals surface area contributed by atoms with Crippen LogP contribution in [0.3, 0.4) is 0 Å². The van der Waals surface area contributed by atoms with Gasteiger partial charge in [-0.1, -0.05) is 25.7 Å². The molecule has 0 spiro atoms. The third-order valence-corrected chi connectivity index (χ3v) is 5.76. The molecule has 2 aliphatic carbocycles. The normalized spacial score (nSPS) is 42.1. The fourth-order valence-corrected chi connectivity index (χ4v) is 4.47. The Morgan fingerprint density at radius 1 is 1.38 bits per heavy atom. The van der Waals surface area contributed by atoms with E-state index in [0.717, 1.165) is 24.8 Å². The van der Waals surface area contributed by atoms with Crippen LogP contribution >= 0.6 is 0 Å². The van der Waals surface area contributed by atoms with Crippen LogP contribution < -0.4 is 0 Å². The third-order valence-electron chi connectivity index (χ3n) is 5.76. The van der Waals surface area contributed by atoms with Crippen LogP contribution in [-0.2, 0) is 19.1 Å². The number of esters is 2. The van der Waals surface area contributed by atoms with Crippen molar-refractivity contribution >= 4 is 11.9 Å². The van der Waals surface area contributed by atoms with Crippen molar-refractivity contribution in [3.8, 4) is 0 Å². The average Bonchev–Trinajstić information content (AvgIpc) is 2.64. The van der Waals surface area contributed by atoms with Gasteiger partial charge in [-0.05, 0) is 32.1 Å². The minimum Gasteiger partial charge on any atom is -0.458 e. The first-order valence-electron chi connectivity index (χ1n) is 7.57. The van der Waals surface area contributed by atoms with E-state index in [1.165, 1.54) is 6.92 Å². The highest BCUT2D eigenvalue weighted by Gasteiger charge is 2.62. The van der Waals surface area contributed by atoms with E-state index >= 15 is 0 Å². The first-order chi connectivity index (χ1) is 9.79. The van der Waals surface area contributed by atoms with Gasteiger partial charge in [-0.2, -0.15) is 0 Å². The molecule has 3 rings (SSSR count). The van der Waals surface area contributed by atoms with E-state index in [1.54, 1.807) is 0 Å². The van der Waals surface area contributed by atoms with Gasteiger partial charge in [-0.15, -0.1) is 0 Å². The summed E-state index contributed by atoms with van der Waals surface area (Å²) in [6, 6.07) is 0. The van der Waals surface area contributed by atoms with Crippen LogP contribution in [-0.4, -0.2) is 23.6 Å². The lowest BCUT2D eigenvalue weighted by Crippen LogP contribution is -2.59. The monoisotopic (exact) mass is 290 g/mol. The number of hydrogen-bond donors (Lipinski definition) is 0. The smallest absolute Gasteiger partial charge is 0.334 e. The highest BCUT2D eigenvalue weighted by Crippen LogP contribution is 2.60. The molecule has 4 atom stereocenters. The summed E-state index contributed by atoms with van der Waals surface area (Å²) < 4.78 is 11.3. The summed E-state index contributed by atoms with van der Waals surface area (Å²) in [4.78, 5) is 23.5. The first-order valence-corrected chi connectivity index (χ1v) is 7.57. The second-order valence-electron chi connectivity index (χ2n) is 6.86. The van der Waals surface area contributed by atoms with Crippen molar-refractivity contribution in [3.63, 3.8) is 0 Å². The Morgan fingerprint density at radius 3 is 2.76 bits per heavy atom. The Balaban J connectivity index is 2.03. The minimum absolute atomic E-state index is 0.0455. The number of carbonyl (C=O) groups excluding carboxylic acids is 2. The van der Waals surface area contributed by atoms with Crippen molar-refractivity contribution in [2.75, 3.05) is 0 Å². The maximum Gasteiger partial charge on any atom is 0.334 e. The summed E-state index contributed by atoms with van der Waals surface area (Å²) in [6.07, 6.45) is 3.82. The lowest BCUT2D eigenvalue weighted by Gasteiger charge is -2.57. The Labute approximate surface area is 125 Å². The van der Waals surface area contributed by atoms with Gasteiger partial charge in [0.2, 0.25) is 0 Å². The summed E-state index contributed by atoms with van der Waals surface area (Å²) >= 11 is 0. The molecule has 1 saturated heterocycles. The van der Waals surface area contributed by atoms with Gasteiger partial charge < -0.3 is 9.47 Å². The van der Waals surface area contributed by atoms with E-state index in [-0.39, 0.29) is 29.4 Å². The maximum atomic E-state index is 11.8. The summed E-state index contributed by atoms with van der Waals surface area (Å²) in [7, 11) is 0. The molecule has 4 nitrogen and oxygen atoms in total. The molecule has 1 heterocycles. The van der Waals surface area contributed by atoms with Gasteiger partial charge in [0.25, 0.3) is 0 Å². The van der Waals surface area contributed by atoms with Crippen LogP contribution in [0.15, 0.2) is 24.3 Å². The molecule has 1 aliphatic heterocycles. The molecular formula is C17H22O4. The second kappa shape index (κ2) is 4.46. The Morgan fingerprint density at radius 2 is 2.10 bits per heavy atom. The largest absolute Gasteiger partial charge is 0.458 e. The van der Waals surface area contributed by atoms with E-state index in [9.17, 15) is 9.59 Å². The van der Waals surface area contributed by atoms with Gasteiger partial charge in [0, 0.05) is 23.8 Å². The number of fused-ring (bicyclic) bond motifs is 2. The molecule has 114 valence electrons. The van der Waals surface area contributed by atoms with E-state index in [4.69, 9.17) is 9.47 Å². The lowest BCUT2D eigenvalue weighted by atomic mass is 9.52. The Bertz CT molecular complexity index is 549. The zero-order valence-corrected chi connectivity index (χ0v) is 12.7. The molecule has 0 amide bonds. The topological polar surface area (TPSA) is 52.6 Å². The van der Waals surface area contributed by atoms with Gasteiger partial charge in [0.15, 0.2) is 0 Å². The highest BCUT2D eigenvalue weighted by atomic mass is 16.6. The van der Waals surface area contributed by atoms with E-state index in [1.807, 2.05) is 0 Å². The minimum atomic E-state index is -0.577. The number of hydrogen-bond acceptors (Lipinski definition) is 4. The van der Waals surface area contributed by atoms with Gasteiger partial charge in [-0.25, -0.2) is 4.79 Å². The molecule has 0 aromatic carbocycles. The van der Waals surface area contributed by atoms with Crippen LogP contribution in [0, 0.1) is 11.3 Å². The zero-order chi connectivity index (χ0) is 15.4. The molecule has 3 fully saturated rings. The van der Waals surface area contributed by atoms with Crippen molar-refractivity contribution in [1.29, 1.82) is 0 Å². The van der Waals surface area contributed by atoms with Crippen molar-refractivity contribution in [3.05, 3.63) is 24.3 Å². The van der Waals surface area contributed by atoms with Crippen molar-refractivity contribution in [2.45, 2.75) is 57.7 Å². The molecule has 21 heavy (non-hydrogen) atoms. The van der Waals surface area contributed by atoms with Crippen LogP contribution in [0.2, 0.25) is 0 Å². The van der Waals surface area contributed by atoms with E-state index in [0.29, 0.717) is 18.4 Å². The second-order valence-corrected chi connectivity index (χ2v) is 6.86. The standard InChI is InChI=1S/C17H22O4/c1-10-6-5-7-17(21-12(3)18)8-13-11(2)15(19)20-14(13)9-16(10,17)4/h13-14H,1-2,5-9H2,3-4H3/t13-,14-,16-,17-/m1/s1. The molecular weight excluding hydrogens is 268 g/mol. The quantitative estimate of drug-likeness (QED) is 0.423. The molecule has 0 unspecified atom stereocenters. The van der Waals surface area contributed by atoms with Crippen molar-refractivity contribution in [1.82, 2.24) is 0 Å². The van der Waals surface area contributed by atoms with Crippen molar-refractivity contribution < 1.29 is 19.1 Å². The average molecular weight is 290 g/mol. The molecule has 0 bridgehead atoms.